The number of amides is 1. The van der Waals surface area contributed by atoms with Crippen LogP contribution >= 0.6 is 11.8 Å². The maximum absolute atomic E-state index is 12.7. The number of thioether (sulfide) groups is 1. The Hall–Kier alpha value is -2.92. The summed E-state index contributed by atoms with van der Waals surface area (Å²) in [5.41, 5.74) is 0.768. The van der Waals surface area contributed by atoms with E-state index in [1.165, 1.54) is 18.9 Å². The number of aromatic nitrogens is 2. The first-order valence-corrected chi connectivity index (χ1v) is 8.78. The Morgan fingerprint density at radius 1 is 1.35 bits per heavy atom. The van der Waals surface area contributed by atoms with E-state index in [0.29, 0.717) is 33.5 Å². The molecule has 0 fully saturated rings. The lowest BCUT2D eigenvalue weighted by Crippen LogP contribution is -2.31. The number of carbonyl (C=O) groups excluding carboxylic acids is 1. The number of hydrogen-bond acceptors (Lipinski definition) is 6. The summed E-state index contributed by atoms with van der Waals surface area (Å²) in [7, 11) is 3.09. The van der Waals surface area contributed by atoms with Gasteiger partial charge in [0.2, 0.25) is 5.91 Å². The van der Waals surface area contributed by atoms with E-state index in [0.717, 1.165) is 0 Å². The fourth-order valence-electron chi connectivity index (χ4n) is 2.91. The average molecular weight is 371 g/mol. The smallest absolute Gasteiger partial charge is 0.257 e. The topological polar surface area (TPSA) is 93.3 Å². The summed E-state index contributed by atoms with van der Waals surface area (Å²) in [6.07, 6.45) is 5.35. The Kier molecular flexibility index (Phi) is 5.19. The third-order valence-corrected chi connectivity index (χ3v) is 4.81. The van der Waals surface area contributed by atoms with E-state index in [1.54, 1.807) is 25.3 Å². The molecule has 1 unspecified atom stereocenters. The van der Waals surface area contributed by atoms with Gasteiger partial charge < -0.3 is 19.8 Å². The maximum Gasteiger partial charge on any atom is 0.257 e. The van der Waals surface area contributed by atoms with Crippen molar-refractivity contribution < 1.29 is 14.3 Å². The van der Waals surface area contributed by atoms with Gasteiger partial charge in [0, 0.05) is 17.9 Å². The van der Waals surface area contributed by atoms with Gasteiger partial charge in [0.1, 0.15) is 17.3 Å². The minimum atomic E-state index is -0.494. The number of nitrogens with zero attached hydrogens (tertiary/aromatic N) is 1. The molecule has 1 aliphatic rings. The number of hydrogen-bond donors (Lipinski definition) is 2. The van der Waals surface area contributed by atoms with E-state index in [9.17, 15) is 9.59 Å². The van der Waals surface area contributed by atoms with Crippen LogP contribution in [0.5, 0.6) is 11.5 Å². The predicted molar refractivity (Wildman–Crippen MR) is 99.1 cm³/mol. The Morgan fingerprint density at radius 2 is 2.15 bits per heavy atom. The molecule has 2 heterocycles. The molecule has 1 aliphatic heterocycles. The lowest BCUT2D eigenvalue weighted by molar-refractivity contribution is -0.116. The van der Waals surface area contributed by atoms with Gasteiger partial charge in [-0.25, -0.2) is 4.98 Å². The molecule has 7 nitrogen and oxygen atoms in total. The molecular formula is C18H17N3O4S. The first-order valence-electron chi connectivity index (χ1n) is 7.79. The molecule has 2 N–H and O–H groups in total. The molecule has 1 aromatic heterocycles. The van der Waals surface area contributed by atoms with E-state index in [4.69, 9.17) is 15.9 Å². The van der Waals surface area contributed by atoms with Crippen LogP contribution in [0.2, 0.25) is 0 Å². The quantitative estimate of drug-likeness (QED) is 0.474. The van der Waals surface area contributed by atoms with Crippen LogP contribution in [0.25, 0.3) is 0 Å². The molecule has 8 heteroatoms. The second kappa shape index (κ2) is 7.54. The third-order valence-electron chi connectivity index (χ3n) is 4.03. The molecule has 0 bridgehead atoms. The number of aromatic amines is 1. The van der Waals surface area contributed by atoms with Crippen molar-refractivity contribution in [3.8, 4) is 23.8 Å². The van der Waals surface area contributed by atoms with Crippen LogP contribution in [-0.2, 0) is 4.79 Å². The van der Waals surface area contributed by atoms with Crippen molar-refractivity contribution in [3.63, 3.8) is 0 Å². The zero-order valence-electron chi connectivity index (χ0n) is 14.3. The summed E-state index contributed by atoms with van der Waals surface area (Å²) in [4.78, 5) is 32.0. The lowest BCUT2D eigenvalue weighted by atomic mass is 9.86. The highest BCUT2D eigenvalue weighted by molar-refractivity contribution is 7.99. The van der Waals surface area contributed by atoms with Gasteiger partial charge in [-0.2, -0.15) is 0 Å². The molecule has 26 heavy (non-hydrogen) atoms. The Bertz CT molecular complexity index is 948. The third kappa shape index (κ3) is 3.39. The molecule has 3 rings (SSSR count). The van der Waals surface area contributed by atoms with Gasteiger partial charge in [0.25, 0.3) is 5.56 Å². The maximum atomic E-state index is 12.7. The molecular weight excluding hydrogens is 354 g/mol. The van der Waals surface area contributed by atoms with Crippen LogP contribution in [0.3, 0.4) is 0 Å². The van der Waals surface area contributed by atoms with Crippen LogP contribution in [-0.4, -0.2) is 35.8 Å². The van der Waals surface area contributed by atoms with E-state index in [1.807, 2.05) is 0 Å². The summed E-state index contributed by atoms with van der Waals surface area (Å²) >= 11 is 1.22. The van der Waals surface area contributed by atoms with Gasteiger partial charge in [0.05, 0.1) is 25.5 Å². The number of anilines is 1. The molecule has 0 saturated carbocycles. The molecule has 0 radical (unpaired) electrons. The van der Waals surface area contributed by atoms with E-state index >= 15 is 0 Å². The fraction of sp³-hybridized carbons (Fsp3) is 0.278. The minimum Gasteiger partial charge on any atom is -0.497 e. The second-order valence-corrected chi connectivity index (χ2v) is 6.50. The van der Waals surface area contributed by atoms with Crippen LogP contribution < -0.4 is 20.3 Å². The highest BCUT2D eigenvalue weighted by Crippen LogP contribution is 2.40. The summed E-state index contributed by atoms with van der Waals surface area (Å²) in [6.45, 7) is 0. The van der Waals surface area contributed by atoms with Crippen LogP contribution in [0.1, 0.15) is 23.5 Å². The average Bonchev–Trinajstić information content (AvgIpc) is 2.64. The number of nitrogens with one attached hydrogen (secondary N) is 2. The van der Waals surface area contributed by atoms with Crippen molar-refractivity contribution in [1.29, 1.82) is 0 Å². The Morgan fingerprint density at radius 3 is 2.85 bits per heavy atom. The molecule has 0 spiro atoms. The monoisotopic (exact) mass is 371 g/mol. The summed E-state index contributed by atoms with van der Waals surface area (Å²) < 4.78 is 10.7. The summed E-state index contributed by atoms with van der Waals surface area (Å²) in [6, 6.07) is 5.28. The Balaban J connectivity index is 2.14. The van der Waals surface area contributed by atoms with Gasteiger partial charge in [-0.1, -0.05) is 17.7 Å². The number of terminal acetylenes is 1. The molecule has 0 aliphatic carbocycles. The zero-order valence-corrected chi connectivity index (χ0v) is 15.1. The standard InChI is InChI=1S/C18H17N3O4S/c1-4-7-26-18-20-16-15(17(23)21-18)12(9-14(22)19-16)11-8-10(24-2)5-6-13(11)25-3/h1,5-6,8,12H,7,9H2,2-3H3,(H2,19,20,21,22,23). The van der Waals surface area contributed by atoms with Crippen molar-refractivity contribution in [3.05, 3.63) is 39.7 Å². The van der Waals surface area contributed by atoms with Crippen LogP contribution in [0.15, 0.2) is 28.2 Å². The number of fused-ring (bicyclic) bond motifs is 1. The number of ether oxygens (including phenoxy) is 2. The second-order valence-electron chi connectivity index (χ2n) is 5.54. The van der Waals surface area contributed by atoms with Crippen molar-refractivity contribution >= 4 is 23.5 Å². The van der Waals surface area contributed by atoms with Crippen molar-refractivity contribution in [2.45, 2.75) is 17.5 Å². The van der Waals surface area contributed by atoms with Gasteiger partial charge >= 0.3 is 0 Å². The first kappa shape index (κ1) is 17.9. The van der Waals surface area contributed by atoms with E-state index in [-0.39, 0.29) is 23.7 Å². The van der Waals surface area contributed by atoms with Gasteiger partial charge in [0.15, 0.2) is 5.16 Å². The normalized spacial score (nSPS) is 15.6. The van der Waals surface area contributed by atoms with Crippen molar-refractivity contribution in [1.82, 2.24) is 9.97 Å². The van der Waals surface area contributed by atoms with Gasteiger partial charge in [-0.3, -0.25) is 9.59 Å². The van der Waals surface area contributed by atoms with E-state index in [2.05, 4.69) is 21.2 Å². The largest absolute Gasteiger partial charge is 0.497 e. The Labute approximate surface area is 154 Å². The molecule has 134 valence electrons. The van der Waals surface area contributed by atoms with Crippen molar-refractivity contribution in [2.75, 3.05) is 25.3 Å². The molecule has 1 amide bonds. The summed E-state index contributed by atoms with van der Waals surface area (Å²) in [5.74, 6) is 3.55. The van der Waals surface area contributed by atoms with Crippen molar-refractivity contribution in [2.24, 2.45) is 0 Å². The minimum absolute atomic E-state index is 0.109. The van der Waals surface area contributed by atoms with Gasteiger partial charge in [-0.05, 0) is 18.2 Å². The highest BCUT2D eigenvalue weighted by Gasteiger charge is 2.33. The van der Waals surface area contributed by atoms with Crippen LogP contribution in [0, 0.1) is 12.3 Å². The van der Waals surface area contributed by atoms with Crippen LogP contribution in [0.4, 0.5) is 5.82 Å². The highest BCUT2D eigenvalue weighted by atomic mass is 32.2. The number of carbonyl (C=O) groups is 1. The lowest BCUT2D eigenvalue weighted by Gasteiger charge is -2.26. The summed E-state index contributed by atoms with van der Waals surface area (Å²) in [5, 5.41) is 3.04. The first-order chi connectivity index (χ1) is 12.6. The number of methoxy groups -OCH3 is 2. The predicted octanol–water partition coefficient (Wildman–Crippen LogP) is 1.99. The fourth-order valence-corrected chi connectivity index (χ4v) is 3.45. The zero-order chi connectivity index (χ0) is 18.7. The molecule has 1 atom stereocenters. The van der Waals surface area contributed by atoms with Gasteiger partial charge in [-0.15, -0.1) is 6.42 Å². The SMILES string of the molecule is C#CCSc1nc2c(c(=O)[nH]1)C(c1cc(OC)ccc1OC)CC(=O)N2. The number of H-pyrrole nitrogens is 1. The number of rotatable bonds is 5. The molecule has 0 saturated heterocycles. The molecule has 1 aromatic carbocycles. The van der Waals surface area contributed by atoms with E-state index < -0.39 is 5.92 Å². The molecule has 2 aromatic rings. The number of benzene rings is 1.